The number of rotatable bonds is 9. The van der Waals surface area contributed by atoms with Gasteiger partial charge in [-0.1, -0.05) is 26.7 Å². The first kappa shape index (κ1) is 24.3. The number of unbranched alkanes of at least 4 members (excludes halogenated alkanes) is 2. The van der Waals surface area contributed by atoms with Crippen molar-refractivity contribution in [1.29, 1.82) is 0 Å². The van der Waals surface area contributed by atoms with Crippen molar-refractivity contribution in [2.75, 3.05) is 13.2 Å². The van der Waals surface area contributed by atoms with Gasteiger partial charge >= 0.3 is 49.7 Å². The Bertz CT molecular complexity index is 645. The number of carbonyl (C=O) groups excluding carboxylic acids is 2. The second-order valence-corrected chi connectivity index (χ2v) is 6.62. The topological polar surface area (TPSA) is 107 Å². The van der Waals surface area contributed by atoms with Crippen LogP contribution in [0.4, 0.5) is 0 Å². The first-order valence-corrected chi connectivity index (χ1v) is 9.20. The zero-order valence-corrected chi connectivity index (χ0v) is 14.6. The van der Waals surface area contributed by atoms with E-state index in [1.54, 1.807) is 0 Å². The summed E-state index contributed by atoms with van der Waals surface area (Å²) in [5.41, 5.74) is -0.271. The van der Waals surface area contributed by atoms with E-state index >= 15 is 0 Å². The molecule has 9 heteroatoms. The van der Waals surface area contributed by atoms with E-state index in [1.165, 1.54) is 6.07 Å². The van der Waals surface area contributed by atoms with Gasteiger partial charge in [0.25, 0.3) is 10.1 Å². The van der Waals surface area contributed by atoms with Gasteiger partial charge in [-0.05, 0) is 31.0 Å². The minimum absolute atomic E-state index is 0. The maximum atomic E-state index is 12.0. The fourth-order valence-electron chi connectivity index (χ4n) is 1.77. The molecule has 0 saturated carbocycles. The summed E-state index contributed by atoms with van der Waals surface area (Å²) in [5, 5.41) is 0. The quantitative estimate of drug-likeness (QED) is 0.292. The standard InChI is InChI=1S/C16H22O7S.Ca.2H/c1-3-5-7-22-15(17)12-9-13(16(18)23-8-6-4-2)11-14(10-12)24(19,20)21;;;/h9-11H,3-8H2,1-2H3,(H,19,20,21);;;. The Morgan fingerprint density at radius 2 is 1.32 bits per heavy atom. The van der Waals surface area contributed by atoms with Gasteiger partial charge in [0.05, 0.1) is 29.2 Å². The van der Waals surface area contributed by atoms with E-state index in [2.05, 4.69) is 0 Å². The van der Waals surface area contributed by atoms with Crippen molar-refractivity contribution in [3.05, 3.63) is 29.3 Å². The Labute approximate surface area is 177 Å². The average Bonchev–Trinajstić information content (AvgIpc) is 2.53. The van der Waals surface area contributed by atoms with Gasteiger partial charge in [0.1, 0.15) is 0 Å². The zero-order chi connectivity index (χ0) is 18.2. The van der Waals surface area contributed by atoms with Crippen LogP contribution in [0, 0.1) is 0 Å². The first-order chi connectivity index (χ1) is 11.3. The molecule has 0 amide bonds. The molecule has 0 aromatic heterocycles. The molecule has 0 unspecified atom stereocenters. The second kappa shape index (κ2) is 11.9. The van der Waals surface area contributed by atoms with E-state index in [1.807, 2.05) is 13.8 Å². The summed E-state index contributed by atoms with van der Waals surface area (Å²) in [6.07, 6.45) is 2.98. The van der Waals surface area contributed by atoms with E-state index in [-0.39, 0.29) is 62.1 Å². The van der Waals surface area contributed by atoms with Crippen LogP contribution in [0.3, 0.4) is 0 Å². The van der Waals surface area contributed by atoms with Crippen LogP contribution >= 0.6 is 0 Å². The normalized spacial score (nSPS) is 10.7. The summed E-state index contributed by atoms with van der Waals surface area (Å²) in [5.74, 6) is -1.53. The first-order valence-electron chi connectivity index (χ1n) is 7.76. The summed E-state index contributed by atoms with van der Waals surface area (Å²) in [6.45, 7) is 4.22. The minimum atomic E-state index is -4.58. The van der Waals surface area contributed by atoms with Gasteiger partial charge in [0.15, 0.2) is 0 Å². The van der Waals surface area contributed by atoms with Crippen LogP contribution in [0.25, 0.3) is 0 Å². The molecule has 1 N–H and O–H groups in total. The second-order valence-electron chi connectivity index (χ2n) is 5.20. The predicted molar refractivity (Wildman–Crippen MR) is 95.2 cm³/mol. The fourth-order valence-corrected chi connectivity index (χ4v) is 2.32. The maximum absolute atomic E-state index is 12.0. The molecule has 0 aliphatic rings. The number of carbonyl (C=O) groups is 2. The van der Waals surface area contributed by atoms with Gasteiger partial charge in [-0.25, -0.2) is 9.59 Å². The summed E-state index contributed by atoms with van der Waals surface area (Å²) in [4.78, 5) is 23.4. The summed E-state index contributed by atoms with van der Waals surface area (Å²) in [7, 11) is -4.58. The van der Waals surface area contributed by atoms with Crippen molar-refractivity contribution in [2.45, 2.75) is 44.4 Å². The average molecular weight is 401 g/mol. The van der Waals surface area contributed by atoms with Crippen molar-refractivity contribution in [3.8, 4) is 0 Å². The van der Waals surface area contributed by atoms with Crippen LogP contribution in [0.15, 0.2) is 23.1 Å². The third-order valence-electron chi connectivity index (χ3n) is 3.14. The molecule has 7 nitrogen and oxygen atoms in total. The van der Waals surface area contributed by atoms with Crippen molar-refractivity contribution in [1.82, 2.24) is 0 Å². The molecule has 0 bridgehead atoms. The van der Waals surface area contributed by atoms with E-state index in [0.29, 0.717) is 12.8 Å². The molecular formula is C16H24CaO7S. The number of ether oxygens (including phenoxy) is 2. The molecule has 0 atom stereocenters. The predicted octanol–water partition coefficient (Wildman–Crippen LogP) is 1.93. The van der Waals surface area contributed by atoms with Gasteiger partial charge in [-0.15, -0.1) is 0 Å². The van der Waals surface area contributed by atoms with Crippen LogP contribution in [-0.2, 0) is 19.6 Å². The van der Waals surface area contributed by atoms with E-state index in [0.717, 1.165) is 25.0 Å². The fraction of sp³-hybridized carbons (Fsp3) is 0.500. The van der Waals surface area contributed by atoms with Gasteiger partial charge in [-0.2, -0.15) is 8.42 Å². The van der Waals surface area contributed by atoms with E-state index in [4.69, 9.17) is 9.47 Å². The summed E-state index contributed by atoms with van der Waals surface area (Å²) >= 11 is 0. The molecule has 0 fully saturated rings. The number of hydrogen-bond donors (Lipinski definition) is 1. The van der Waals surface area contributed by atoms with Crippen molar-refractivity contribution < 1.29 is 32.0 Å². The van der Waals surface area contributed by atoms with Crippen molar-refractivity contribution in [3.63, 3.8) is 0 Å². The Balaban J connectivity index is 0.00000576. The molecule has 0 radical (unpaired) electrons. The van der Waals surface area contributed by atoms with Gasteiger partial charge in [0, 0.05) is 0 Å². The van der Waals surface area contributed by atoms with Gasteiger partial charge < -0.3 is 9.47 Å². The molecule has 1 rings (SSSR count). The molecule has 0 aliphatic heterocycles. The molecule has 138 valence electrons. The Kier molecular flexibility index (Phi) is 11.5. The molecule has 1 aromatic carbocycles. The van der Waals surface area contributed by atoms with Crippen LogP contribution < -0.4 is 0 Å². The van der Waals surface area contributed by atoms with Crippen LogP contribution in [0.2, 0.25) is 0 Å². The van der Waals surface area contributed by atoms with E-state index < -0.39 is 27.0 Å². The Morgan fingerprint density at radius 1 is 0.920 bits per heavy atom. The summed E-state index contributed by atoms with van der Waals surface area (Å²) in [6, 6.07) is 3.12. The molecule has 0 spiro atoms. The molecule has 1 aromatic rings. The van der Waals surface area contributed by atoms with Gasteiger partial charge in [-0.3, -0.25) is 4.55 Å². The van der Waals surface area contributed by atoms with Crippen LogP contribution in [-0.4, -0.2) is 75.9 Å². The molecular weight excluding hydrogens is 376 g/mol. The van der Waals surface area contributed by atoms with Crippen molar-refractivity contribution in [2.24, 2.45) is 0 Å². The molecule has 25 heavy (non-hydrogen) atoms. The van der Waals surface area contributed by atoms with Gasteiger partial charge in [0.2, 0.25) is 0 Å². The molecule has 0 heterocycles. The van der Waals surface area contributed by atoms with Crippen LogP contribution in [0.1, 0.15) is 60.2 Å². The molecule has 0 aliphatic carbocycles. The number of esters is 2. The van der Waals surface area contributed by atoms with Crippen molar-refractivity contribution >= 4 is 59.8 Å². The van der Waals surface area contributed by atoms with E-state index in [9.17, 15) is 22.6 Å². The Morgan fingerprint density at radius 3 is 1.64 bits per heavy atom. The number of benzene rings is 1. The summed E-state index contributed by atoms with van der Waals surface area (Å²) < 4.78 is 41.9. The monoisotopic (exact) mass is 400 g/mol. The Hall–Kier alpha value is -0.670. The SMILES string of the molecule is CCCCOC(=O)c1cc(C(=O)OCCCC)cc(S(=O)(=O)O)c1.[CaH2]. The number of hydrogen-bond acceptors (Lipinski definition) is 6. The third kappa shape index (κ3) is 8.50. The molecule has 0 saturated heterocycles. The zero-order valence-electron chi connectivity index (χ0n) is 13.8. The third-order valence-corrected chi connectivity index (χ3v) is 3.97. The van der Waals surface area contributed by atoms with Crippen LogP contribution in [0.5, 0.6) is 0 Å².